The molecule has 23 heavy (non-hydrogen) atoms. The van der Waals surface area contributed by atoms with Crippen LogP contribution in [0.3, 0.4) is 0 Å². The van der Waals surface area contributed by atoms with Crippen molar-refractivity contribution in [2.45, 2.75) is 71.6 Å². The van der Waals surface area contributed by atoms with Crippen LogP contribution in [-0.2, 0) is 9.47 Å². The second-order valence-electron chi connectivity index (χ2n) is 8.61. The lowest BCUT2D eigenvalue weighted by atomic mass is 9.55. The van der Waals surface area contributed by atoms with Crippen LogP contribution in [0.4, 0.5) is 4.79 Å². The highest BCUT2D eigenvalue weighted by molar-refractivity contribution is 5.67. The van der Waals surface area contributed by atoms with E-state index in [2.05, 4.69) is 19.2 Å². The Labute approximate surface area is 141 Å². The number of amides is 1. The summed E-state index contributed by atoms with van der Waals surface area (Å²) in [7, 11) is 1.80. The summed E-state index contributed by atoms with van der Waals surface area (Å²) >= 11 is 0. The third-order valence-electron chi connectivity index (χ3n) is 5.07. The van der Waals surface area contributed by atoms with Gasteiger partial charge in [0.25, 0.3) is 0 Å². The lowest BCUT2D eigenvalue weighted by Gasteiger charge is -2.60. The molecule has 0 spiro atoms. The summed E-state index contributed by atoms with van der Waals surface area (Å²) in [4.78, 5) is 13.6. The van der Waals surface area contributed by atoms with Crippen LogP contribution in [0.15, 0.2) is 0 Å². The number of ether oxygens (including phenoxy) is 2. The van der Waals surface area contributed by atoms with Crippen molar-refractivity contribution in [1.29, 1.82) is 0 Å². The molecule has 1 saturated carbocycles. The van der Waals surface area contributed by atoms with Crippen LogP contribution >= 0.6 is 0 Å². The van der Waals surface area contributed by atoms with Gasteiger partial charge in [-0.3, -0.25) is 0 Å². The number of nitrogens with one attached hydrogen (secondary N) is 1. The number of nitrogens with zero attached hydrogens (tertiary/aromatic N) is 1. The van der Waals surface area contributed by atoms with Crippen molar-refractivity contribution in [2.24, 2.45) is 11.3 Å². The van der Waals surface area contributed by atoms with Crippen LogP contribution < -0.4 is 5.32 Å². The number of hydrogen-bond acceptors (Lipinski definition) is 4. The predicted octanol–water partition coefficient (Wildman–Crippen LogP) is 3.04. The van der Waals surface area contributed by atoms with Gasteiger partial charge in [-0.2, -0.15) is 0 Å². The fourth-order valence-electron chi connectivity index (χ4n) is 3.94. The first kappa shape index (κ1) is 18.5. The molecule has 2 aliphatic rings. The zero-order valence-electron chi connectivity index (χ0n) is 15.6. The lowest BCUT2D eigenvalue weighted by Crippen LogP contribution is -2.69. The fourth-order valence-corrected chi connectivity index (χ4v) is 3.94. The van der Waals surface area contributed by atoms with Crippen molar-refractivity contribution in [3.05, 3.63) is 0 Å². The number of rotatable bonds is 5. The minimum Gasteiger partial charge on any atom is -0.444 e. The van der Waals surface area contributed by atoms with Gasteiger partial charge in [-0.15, -0.1) is 0 Å². The van der Waals surface area contributed by atoms with Crippen LogP contribution in [0.25, 0.3) is 0 Å². The van der Waals surface area contributed by atoms with Gasteiger partial charge in [0.15, 0.2) is 0 Å². The first-order valence-electron chi connectivity index (χ1n) is 8.92. The quantitative estimate of drug-likeness (QED) is 0.789. The summed E-state index contributed by atoms with van der Waals surface area (Å²) in [6.45, 7) is 12.8. The van der Waals surface area contributed by atoms with Crippen LogP contribution in [0, 0.1) is 11.3 Å². The smallest absolute Gasteiger partial charge is 0.410 e. The Bertz CT molecular complexity index is 417. The summed E-state index contributed by atoms with van der Waals surface area (Å²) in [5, 5.41) is 3.69. The molecule has 134 valence electrons. The highest BCUT2D eigenvalue weighted by Gasteiger charge is 2.57. The van der Waals surface area contributed by atoms with E-state index in [1.54, 1.807) is 11.9 Å². The monoisotopic (exact) mass is 326 g/mol. The molecular weight excluding hydrogens is 292 g/mol. The molecule has 5 nitrogen and oxygen atoms in total. The molecule has 0 aromatic heterocycles. The van der Waals surface area contributed by atoms with E-state index in [-0.39, 0.29) is 11.5 Å². The van der Waals surface area contributed by atoms with Crippen LogP contribution in [0.2, 0.25) is 0 Å². The maximum Gasteiger partial charge on any atom is 0.410 e. The van der Waals surface area contributed by atoms with Crippen molar-refractivity contribution in [3.8, 4) is 0 Å². The second kappa shape index (κ2) is 6.98. The predicted molar refractivity (Wildman–Crippen MR) is 91.5 cm³/mol. The highest BCUT2D eigenvalue weighted by atomic mass is 16.6. The standard InChI is InChI=1S/C18H34N2O3/c1-17(2,3)23-16(21)20(6)11-8-10-19-14-13-9-7-12-22-15(13)18(14,4)5/h13-15,19H,7-12H2,1-6H3. The molecule has 3 atom stereocenters. The molecule has 0 aromatic carbocycles. The van der Waals surface area contributed by atoms with Gasteiger partial charge in [0.05, 0.1) is 6.10 Å². The Morgan fingerprint density at radius 2 is 2.09 bits per heavy atom. The third kappa shape index (κ3) is 4.38. The van der Waals surface area contributed by atoms with E-state index in [0.29, 0.717) is 24.6 Å². The summed E-state index contributed by atoms with van der Waals surface area (Å²) in [5.41, 5.74) is -0.225. The van der Waals surface area contributed by atoms with Gasteiger partial charge in [0, 0.05) is 37.6 Å². The first-order chi connectivity index (χ1) is 10.6. The van der Waals surface area contributed by atoms with Gasteiger partial charge in [-0.25, -0.2) is 4.79 Å². The molecule has 0 radical (unpaired) electrons. The van der Waals surface area contributed by atoms with Gasteiger partial charge in [0.2, 0.25) is 0 Å². The average Bonchev–Trinajstić information content (AvgIpc) is 2.44. The maximum absolute atomic E-state index is 11.9. The van der Waals surface area contributed by atoms with Gasteiger partial charge in [-0.05, 0) is 46.6 Å². The van der Waals surface area contributed by atoms with E-state index in [1.165, 1.54) is 12.8 Å². The van der Waals surface area contributed by atoms with E-state index in [0.717, 1.165) is 19.6 Å². The van der Waals surface area contributed by atoms with Gasteiger partial charge in [0.1, 0.15) is 5.60 Å². The lowest BCUT2D eigenvalue weighted by molar-refractivity contribution is -0.192. The summed E-state index contributed by atoms with van der Waals surface area (Å²) in [6, 6.07) is 0.527. The molecule has 2 rings (SSSR count). The Morgan fingerprint density at radius 1 is 1.39 bits per heavy atom. The molecule has 1 heterocycles. The molecule has 1 aliphatic carbocycles. The van der Waals surface area contributed by atoms with E-state index in [4.69, 9.17) is 9.47 Å². The zero-order chi connectivity index (χ0) is 17.3. The molecule has 5 heteroatoms. The first-order valence-corrected chi connectivity index (χ1v) is 8.92. The van der Waals surface area contributed by atoms with Crippen LogP contribution in [0.5, 0.6) is 0 Å². The van der Waals surface area contributed by atoms with Crippen molar-refractivity contribution in [1.82, 2.24) is 10.2 Å². The Hall–Kier alpha value is -0.810. The molecular formula is C18H34N2O3. The molecule has 0 bridgehead atoms. The van der Waals surface area contributed by atoms with Crippen LogP contribution in [-0.4, -0.2) is 55.5 Å². The Kier molecular flexibility index (Phi) is 5.62. The molecule has 1 amide bonds. The second-order valence-corrected chi connectivity index (χ2v) is 8.61. The minimum atomic E-state index is -0.435. The maximum atomic E-state index is 11.9. The largest absolute Gasteiger partial charge is 0.444 e. The van der Waals surface area contributed by atoms with E-state index in [1.807, 2.05) is 20.8 Å². The molecule has 1 N–H and O–H groups in total. The van der Waals surface area contributed by atoms with Crippen molar-refractivity contribution in [3.63, 3.8) is 0 Å². The van der Waals surface area contributed by atoms with Crippen LogP contribution in [0.1, 0.15) is 53.9 Å². The third-order valence-corrected chi connectivity index (χ3v) is 5.07. The Morgan fingerprint density at radius 3 is 2.74 bits per heavy atom. The van der Waals surface area contributed by atoms with E-state index < -0.39 is 5.60 Å². The topological polar surface area (TPSA) is 50.8 Å². The van der Waals surface area contributed by atoms with E-state index in [9.17, 15) is 4.79 Å². The number of carbonyl (C=O) groups is 1. The van der Waals surface area contributed by atoms with Crippen molar-refractivity contribution in [2.75, 3.05) is 26.7 Å². The minimum absolute atomic E-state index is 0.210. The van der Waals surface area contributed by atoms with Gasteiger partial charge < -0.3 is 19.7 Å². The zero-order valence-corrected chi connectivity index (χ0v) is 15.6. The molecule has 0 aromatic rings. The highest BCUT2D eigenvalue weighted by Crippen LogP contribution is 2.51. The number of fused-ring (bicyclic) bond motifs is 1. The number of carbonyl (C=O) groups excluding carboxylic acids is 1. The molecule has 1 aliphatic heterocycles. The van der Waals surface area contributed by atoms with Gasteiger partial charge >= 0.3 is 6.09 Å². The van der Waals surface area contributed by atoms with Gasteiger partial charge in [-0.1, -0.05) is 13.8 Å². The van der Waals surface area contributed by atoms with E-state index >= 15 is 0 Å². The normalized spacial score (nSPS) is 29.4. The molecule has 1 saturated heterocycles. The number of hydrogen-bond donors (Lipinski definition) is 1. The summed E-state index contributed by atoms with van der Waals surface area (Å²) < 4.78 is 11.3. The summed E-state index contributed by atoms with van der Waals surface area (Å²) in [5.74, 6) is 0.655. The molecule has 3 unspecified atom stereocenters. The SMILES string of the molecule is CN(CCCNC1C2CCCOC2C1(C)C)C(=O)OC(C)(C)C. The summed E-state index contributed by atoms with van der Waals surface area (Å²) in [6.07, 6.45) is 3.54. The molecule has 2 fully saturated rings. The average molecular weight is 326 g/mol. The fraction of sp³-hybridized carbons (Fsp3) is 0.944. The van der Waals surface area contributed by atoms with Crippen molar-refractivity contribution >= 4 is 6.09 Å². The Balaban J connectivity index is 1.68. The van der Waals surface area contributed by atoms with Crippen molar-refractivity contribution < 1.29 is 14.3 Å².